The summed E-state index contributed by atoms with van der Waals surface area (Å²) >= 11 is 5.66. The SMILES string of the molecule is N#CCOc1cc(F)c(N)cc1Cl. The fraction of sp³-hybridized carbons (Fsp3) is 0.125. The van der Waals surface area contributed by atoms with Crippen LogP contribution in [0.25, 0.3) is 0 Å². The molecule has 0 atom stereocenters. The van der Waals surface area contributed by atoms with Crippen LogP contribution in [0.5, 0.6) is 5.75 Å². The molecule has 13 heavy (non-hydrogen) atoms. The summed E-state index contributed by atoms with van der Waals surface area (Å²) in [6.07, 6.45) is 0. The number of rotatable bonds is 2. The van der Waals surface area contributed by atoms with E-state index in [1.54, 1.807) is 6.07 Å². The van der Waals surface area contributed by atoms with Crippen LogP contribution in [0.3, 0.4) is 0 Å². The number of hydrogen-bond donors (Lipinski definition) is 1. The summed E-state index contributed by atoms with van der Waals surface area (Å²) in [7, 11) is 0. The number of halogens is 2. The third-order valence-electron chi connectivity index (χ3n) is 1.34. The molecule has 5 heteroatoms. The highest BCUT2D eigenvalue weighted by Crippen LogP contribution is 2.28. The molecular weight excluding hydrogens is 195 g/mol. The Morgan fingerprint density at radius 3 is 2.92 bits per heavy atom. The summed E-state index contributed by atoms with van der Waals surface area (Å²) < 4.78 is 17.7. The van der Waals surface area contributed by atoms with Gasteiger partial charge in [-0.15, -0.1) is 0 Å². The van der Waals surface area contributed by atoms with Crippen molar-refractivity contribution in [2.24, 2.45) is 0 Å². The summed E-state index contributed by atoms with van der Waals surface area (Å²) in [4.78, 5) is 0. The summed E-state index contributed by atoms with van der Waals surface area (Å²) in [6, 6.07) is 4.03. The fourth-order valence-electron chi connectivity index (χ4n) is 0.765. The minimum atomic E-state index is -0.614. The van der Waals surface area contributed by atoms with Crippen LogP contribution in [0.2, 0.25) is 5.02 Å². The van der Waals surface area contributed by atoms with Crippen molar-refractivity contribution >= 4 is 17.3 Å². The number of ether oxygens (including phenoxy) is 1. The second-order valence-electron chi connectivity index (χ2n) is 2.25. The fourth-order valence-corrected chi connectivity index (χ4v) is 0.991. The van der Waals surface area contributed by atoms with Gasteiger partial charge in [-0.05, 0) is 6.07 Å². The molecule has 2 N–H and O–H groups in total. The van der Waals surface area contributed by atoms with Gasteiger partial charge in [0.1, 0.15) is 17.6 Å². The largest absolute Gasteiger partial charge is 0.477 e. The molecule has 0 spiro atoms. The molecule has 3 nitrogen and oxygen atoms in total. The zero-order valence-electron chi connectivity index (χ0n) is 6.55. The van der Waals surface area contributed by atoms with Gasteiger partial charge in [-0.2, -0.15) is 5.26 Å². The molecule has 68 valence electrons. The molecule has 0 bridgehead atoms. The molecule has 0 heterocycles. The van der Waals surface area contributed by atoms with E-state index >= 15 is 0 Å². The molecule has 1 rings (SSSR count). The molecule has 0 fully saturated rings. The van der Waals surface area contributed by atoms with Gasteiger partial charge in [0.25, 0.3) is 0 Å². The summed E-state index contributed by atoms with van der Waals surface area (Å²) in [5.41, 5.74) is 5.19. The first kappa shape index (κ1) is 9.62. The van der Waals surface area contributed by atoms with Gasteiger partial charge in [-0.1, -0.05) is 11.6 Å². The van der Waals surface area contributed by atoms with Crippen molar-refractivity contribution < 1.29 is 9.13 Å². The van der Waals surface area contributed by atoms with Gasteiger partial charge >= 0.3 is 0 Å². The molecule has 0 aliphatic carbocycles. The Hall–Kier alpha value is -1.47. The van der Waals surface area contributed by atoms with Gasteiger partial charge in [0.15, 0.2) is 6.61 Å². The number of hydrogen-bond acceptors (Lipinski definition) is 3. The highest BCUT2D eigenvalue weighted by Gasteiger charge is 2.06. The number of nitrogens with two attached hydrogens (primary N) is 1. The molecule has 1 aromatic carbocycles. The van der Waals surface area contributed by atoms with Crippen LogP contribution in [-0.2, 0) is 0 Å². The molecule has 0 aliphatic heterocycles. The Kier molecular flexibility index (Phi) is 2.93. The number of anilines is 1. The molecule has 1 aromatic rings. The van der Waals surface area contributed by atoms with Crippen LogP contribution in [0.1, 0.15) is 0 Å². The molecule has 0 radical (unpaired) electrons. The zero-order valence-corrected chi connectivity index (χ0v) is 7.31. The van der Waals surface area contributed by atoms with Crippen molar-refractivity contribution in [3.05, 3.63) is 23.0 Å². The first-order valence-electron chi connectivity index (χ1n) is 3.39. The van der Waals surface area contributed by atoms with Gasteiger partial charge in [-0.3, -0.25) is 0 Å². The van der Waals surface area contributed by atoms with Crippen molar-refractivity contribution in [3.63, 3.8) is 0 Å². The maximum Gasteiger partial charge on any atom is 0.174 e. The maximum absolute atomic E-state index is 12.8. The van der Waals surface area contributed by atoms with E-state index in [1.807, 2.05) is 0 Å². The molecule has 0 unspecified atom stereocenters. The Morgan fingerprint density at radius 2 is 2.31 bits per heavy atom. The van der Waals surface area contributed by atoms with Crippen molar-refractivity contribution in [2.75, 3.05) is 12.3 Å². The molecule has 0 saturated carbocycles. The van der Waals surface area contributed by atoms with E-state index in [1.165, 1.54) is 6.07 Å². The van der Waals surface area contributed by atoms with Crippen molar-refractivity contribution in [1.29, 1.82) is 5.26 Å². The molecule has 0 aliphatic rings. The molecule has 0 aromatic heterocycles. The summed E-state index contributed by atoms with van der Waals surface area (Å²) in [5.74, 6) is -0.493. The lowest BCUT2D eigenvalue weighted by molar-refractivity contribution is 0.366. The smallest absolute Gasteiger partial charge is 0.174 e. The van der Waals surface area contributed by atoms with E-state index in [4.69, 9.17) is 27.3 Å². The Bertz CT molecular complexity index is 362. The topological polar surface area (TPSA) is 59.0 Å². The first-order chi connectivity index (χ1) is 6.15. The number of nitrogen functional groups attached to an aromatic ring is 1. The third-order valence-corrected chi connectivity index (χ3v) is 1.64. The van der Waals surface area contributed by atoms with Crippen LogP contribution in [0.4, 0.5) is 10.1 Å². The predicted molar refractivity (Wildman–Crippen MR) is 46.9 cm³/mol. The third kappa shape index (κ3) is 2.23. The Morgan fingerprint density at radius 1 is 1.62 bits per heavy atom. The van der Waals surface area contributed by atoms with Crippen LogP contribution in [0.15, 0.2) is 12.1 Å². The van der Waals surface area contributed by atoms with Crippen LogP contribution in [-0.4, -0.2) is 6.61 Å². The lowest BCUT2D eigenvalue weighted by Gasteiger charge is -2.05. The van der Waals surface area contributed by atoms with Crippen LogP contribution in [0, 0.1) is 17.1 Å². The van der Waals surface area contributed by atoms with Crippen molar-refractivity contribution in [1.82, 2.24) is 0 Å². The lowest BCUT2D eigenvalue weighted by atomic mass is 10.3. The molecule has 0 amide bonds. The van der Waals surface area contributed by atoms with E-state index in [2.05, 4.69) is 0 Å². The lowest BCUT2D eigenvalue weighted by Crippen LogP contribution is -1.97. The van der Waals surface area contributed by atoms with Gasteiger partial charge in [0.2, 0.25) is 0 Å². The minimum Gasteiger partial charge on any atom is -0.477 e. The van der Waals surface area contributed by atoms with Gasteiger partial charge in [-0.25, -0.2) is 4.39 Å². The minimum absolute atomic E-state index is 0.0469. The van der Waals surface area contributed by atoms with Crippen LogP contribution < -0.4 is 10.5 Å². The van der Waals surface area contributed by atoms with E-state index in [0.717, 1.165) is 6.07 Å². The van der Waals surface area contributed by atoms with Gasteiger partial charge in [0, 0.05) is 6.07 Å². The quantitative estimate of drug-likeness (QED) is 0.743. The van der Waals surface area contributed by atoms with E-state index in [-0.39, 0.29) is 23.1 Å². The Balaban J connectivity index is 2.96. The van der Waals surface area contributed by atoms with Crippen molar-refractivity contribution in [2.45, 2.75) is 0 Å². The van der Waals surface area contributed by atoms with E-state index in [0.29, 0.717) is 0 Å². The molecular formula is C8H6ClFN2O. The normalized spacial score (nSPS) is 9.31. The summed E-state index contributed by atoms with van der Waals surface area (Å²) in [5, 5.41) is 8.39. The zero-order chi connectivity index (χ0) is 9.84. The van der Waals surface area contributed by atoms with Crippen LogP contribution >= 0.6 is 11.6 Å². The van der Waals surface area contributed by atoms with Crippen molar-refractivity contribution in [3.8, 4) is 11.8 Å². The number of benzene rings is 1. The monoisotopic (exact) mass is 200 g/mol. The number of nitrogens with zero attached hydrogens (tertiary/aromatic N) is 1. The average molecular weight is 201 g/mol. The first-order valence-corrected chi connectivity index (χ1v) is 3.77. The predicted octanol–water partition coefficient (Wildman–Crippen LogP) is 1.96. The maximum atomic E-state index is 12.8. The number of nitriles is 1. The summed E-state index contributed by atoms with van der Waals surface area (Å²) in [6.45, 7) is -0.178. The molecule has 0 saturated heterocycles. The van der Waals surface area contributed by atoms with E-state index in [9.17, 15) is 4.39 Å². The average Bonchev–Trinajstić information content (AvgIpc) is 2.09. The van der Waals surface area contributed by atoms with E-state index < -0.39 is 5.82 Å². The standard InChI is InChI=1S/C8H6ClFN2O/c9-5-3-7(12)6(10)4-8(5)13-2-1-11/h3-4H,2,12H2. The van der Waals surface area contributed by atoms with Gasteiger partial charge in [0.05, 0.1) is 10.7 Å². The second-order valence-corrected chi connectivity index (χ2v) is 2.66. The highest BCUT2D eigenvalue weighted by atomic mass is 35.5. The Labute approximate surface area is 79.5 Å². The highest BCUT2D eigenvalue weighted by molar-refractivity contribution is 6.32. The van der Waals surface area contributed by atoms with Gasteiger partial charge < -0.3 is 10.5 Å². The second kappa shape index (κ2) is 3.97.